The van der Waals surface area contributed by atoms with Crippen LogP contribution in [0.1, 0.15) is 35.2 Å². The van der Waals surface area contributed by atoms with Crippen molar-refractivity contribution in [1.82, 2.24) is 15.0 Å². The minimum Gasteiger partial charge on any atom is -0.337 e. The summed E-state index contributed by atoms with van der Waals surface area (Å²) in [7, 11) is 0. The lowest BCUT2D eigenvalue weighted by Gasteiger charge is -2.21. The van der Waals surface area contributed by atoms with Crippen LogP contribution in [0.25, 0.3) is 11.4 Å². The first-order valence-electron chi connectivity index (χ1n) is 8.43. The summed E-state index contributed by atoms with van der Waals surface area (Å²) in [5, 5.41) is 6.12. The molecule has 1 atom stereocenters. The maximum Gasteiger partial charge on any atom is 0.249 e. The van der Waals surface area contributed by atoms with Crippen LogP contribution < -0.4 is 0 Å². The molecule has 0 saturated carbocycles. The van der Waals surface area contributed by atoms with E-state index in [2.05, 4.69) is 10.1 Å². The van der Waals surface area contributed by atoms with Gasteiger partial charge in [-0.25, -0.2) is 0 Å². The molecule has 25 heavy (non-hydrogen) atoms. The molecule has 1 unspecified atom stereocenters. The standard InChI is InChI=1S/C19H19N3O2S/c1-13-5-2-6-14(11-13)18-20-19(24-21-18)16-8-3-9-22(16)17(23)12-15-7-4-10-25-15/h2,4-7,10-11,16H,3,8-9,12H2,1H3. The molecule has 3 aromatic rings. The van der Waals surface area contributed by atoms with E-state index in [1.165, 1.54) is 0 Å². The van der Waals surface area contributed by atoms with Gasteiger partial charge in [0, 0.05) is 17.0 Å². The Labute approximate surface area is 150 Å². The second-order valence-corrected chi connectivity index (χ2v) is 7.36. The van der Waals surface area contributed by atoms with Gasteiger partial charge in [-0.2, -0.15) is 4.98 Å². The fourth-order valence-corrected chi connectivity index (χ4v) is 3.95. The van der Waals surface area contributed by atoms with E-state index in [0.717, 1.165) is 35.4 Å². The Morgan fingerprint density at radius 1 is 1.36 bits per heavy atom. The Hall–Kier alpha value is -2.47. The summed E-state index contributed by atoms with van der Waals surface area (Å²) in [6, 6.07) is 11.9. The molecule has 6 heteroatoms. The van der Waals surface area contributed by atoms with Crippen LogP contribution in [-0.2, 0) is 11.2 Å². The molecule has 0 aliphatic carbocycles. The fraction of sp³-hybridized carbons (Fsp3) is 0.316. The summed E-state index contributed by atoms with van der Waals surface area (Å²) in [6.07, 6.45) is 2.27. The predicted octanol–water partition coefficient (Wildman–Crippen LogP) is 4.01. The Morgan fingerprint density at radius 2 is 2.28 bits per heavy atom. The van der Waals surface area contributed by atoms with Gasteiger partial charge in [-0.1, -0.05) is 35.0 Å². The zero-order valence-corrected chi connectivity index (χ0v) is 14.8. The Kier molecular flexibility index (Phi) is 4.36. The van der Waals surface area contributed by atoms with Gasteiger partial charge in [-0.15, -0.1) is 11.3 Å². The van der Waals surface area contributed by atoms with Crippen molar-refractivity contribution in [2.24, 2.45) is 0 Å². The van der Waals surface area contributed by atoms with Crippen LogP contribution in [0, 0.1) is 6.92 Å². The lowest BCUT2D eigenvalue weighted by atomic mass is 10.1. The lowest BCUT2D eigenvalue weighted by molar-refractivity contribution is -0.131. The highest BCUT2D eigenvalue weighted by molar-refractivity contribution is 7.10. The fourth-order valence-electron chi connectivity index (χ4n) is 3.26. The molecule has 0 bridgehead atoms. The molecule has 1 aromatic carbocycles. The zero-order chi connectivity index (χ0) is 17.2. The highest BCUT2D eigenvalue weighted by atomic mass is 32.1. The maximum absolute atomic E-state index is 12.7. The van der Waals surface area contributed by atoms with Gasteiger partial charge in [0.2, 0.25) is 17.6 Å². The van der Waals surface area contributed by atoms with E-state index in [0.29, 0.717) is 18.1 Å². The average Bonchev–Trinajstić information content (AvgIpc) is 3.35. The minimum atomic E-state index is -0.112. The van der Waals surface area contributed by atoms with E-state index in [1.807, 2.05) is 53.6 Å². The first kappa shape index (κ1) is 16.0. The van der Waals surface area contributed by atoms with Gasteiger partial charge in [0.25, 0.3) is 0 Å². The predicted molar refractivity (Wildman–Crippen MR) is 96.2 cm³/mol. The largest absolute Gasteiger partial charge is 0.337 e. The van der Waals surface area contributed by atoms with Crippen molar-refractivity contribution in [3.63, 3.8) is 0 Å². The topological polar surface area (TPSA) is 59.2 Å². The second-order valence-electron chi connectivity index (χ2n) is 6.33. The molecule has 0 N–H and O–H groups in total. The average molecular weight is 353 g/mol. The quantitative estimate of drug-likeness (QED) is 0.711. The van der Waals surface area contributed by atoms with E-state index in [-0.39, 0.29) is 11.9 Å². The van der Waals surface area contributed by atoms with Crippen LogP contribution in [0.3, 0.4) is 0 Å². The maximum atomic E-state index is 12.7. The van der Waals surface area contributed by atoms with Crippen LogP contribution in [0.2, 0.25) is 0 Å². The highest BCUT2D eigenvalue weighted by Gasteiger charge is 2.34. The third-order valence-corrected chi connectivity index (χ3v) is 5.36. The van der Waals surface area contributed by atoms with Crippen molar-refractivity contribution < 1.29 is 9.32 Å². The van der Waals surface area contributed by atoms with Crippen molar-refractivity contribution in [1.29, 1.82) is 0 Å². The number of hydrogen-bond acceptors (Lipinski definition) is 5. The van der Waals surface area contributed by atoms with Crippen molar-refractivity contribution in [3.05, 3.63) is 58.1 Å². The number of rotatable bonds is 4. The van der Waals surface area contributed by atoms with Crippen LogP contribution in [0.5, 0.6) is 0 Å². The van der Waals surface area contributed by atoms with Crippen LogP contribution in [0.4, 0.5) is 0 Å². The minimum absolute atomic E-state index is 0.112. The van der Waals surface area contributed by atoms with E-state index in [9.17, 15) is 4.79 Å². The summed E-state index contributed by atoms with van der Waals surface area (Å²) in [5.74, 6) is 1.24. The van der Waals surface area contributed by atoms with Crippen molar-refractivity contribution in [3.8, 4) is 11.4 Å². The van der Waals surface area contributed by atoms with Gasteiger partial charge in [0.15, 0.2) is 0 Å². The molecule has 4 rings (SSSR count). The number of hydrogen-bond donors (Lipinski definition) is 0. The van der Waals surface area contributed by atoms with Gasteiger partial charge in [-0.3, -0.25) is 4.79 Å². The normalized spacial score (nSPS) is 17.2. The van der Waals surface area contributed by atoms with Gasteiger partial charge in [0.1, 0.15) is 6.04 Å². The number of carbonyl (C=O) groups is 1. The molecule has 1 fully saturated rings. The molecule has 1 aliphatic heterocycles. The lowest BCUT2D eigenvalue weighted by Crippen LogP contribution is -2.31. The van der Waals surface area contributed by atoms with E-state index >= 15 is 0 Å². The Balaban J connectivity index is 1.53. The second kappa shape index (κ2) is 6.80. The third kappa shape index (κ3) is 3.35. The van der Waals surface area contributed by atoms with E-state index in [4.69, 9.17) is 4.52 Å². The number of benzene rings is 1. The number of nitrogens with zero attached hydrogens (tertiary/aromatic N) is 3. The molecule has 1 amide bonds. The molecule has 1 saturated heterocycles. The Bertz CT molecular complexity index is 872. The molecule has 0 spiro atoms. The number of aromatic nitrogens is 2. The van der Waals surface area contributed by atoms with Crippen LogP contribution >= 0.6 is 11.3 Å². The summed E-state index contributed by atoms with van der Waals surface area (Å²) in [6.45, 7) is 2.78. The van der Waals surface area contributed by atoms with Crippen molar-refractivity contribution in [2.75, 3.05) is 6.54 Å². The number of aryl methyl sites for hydroxylation is 1. The number of carbonyl (C=O) groups excluding carboxylic acids is 1. The summed E-state index contributed by atoms with van der Waals surface area (Å²) < 4.78 is 5.51. The van der Waals surface area contributed by atoms with Gasteiger partial charge >= 0.3 is 0 Å². The number of thiophene rings is 1. The molecule has 2 aromatic heterocycles. The van der Waals surface area contributed by atoms with Crippen molar-refractivity contribution >= 4 is 17.2 Å². The Morgan fingerprint density at radius 3 is 3.08 bits per heavy atom. The van der Waals surface area contributed by atoms with Crippen molar-refractivity contribution in [2.45, 2.75) is 32.2 Å². The van der Waals surface area contributed by atoms with E-state index < -0.39 is 0 Å². The monoisotopic (exact) mass is 353 g/mol. The first-order chi connectivity index (χ1) is 12.2. The molecule has 1 aliphatic rings. The SMILES string of the molecule is Cc1cccc(-c2noc(C3CCCN3C(=O)Cc3cccs3)n2)c1. The van der Waals surface area contributed by atoms with Gasteiger partial charge in [0.05, 0.1) is 6.42 Å². The molecule has 128 valence electrons. The van der Waals surface area contributed by atoms with Crippen LogP contribution in [0.15, 0.2) is 46.3 Å². The third-order valence-electron chi connectivity index (χ3n) is 4.48. The number of likely N-dealkylation sites (tertiary alicyclic amines) is 1. The van der Waals surface area contributed by atoms with E-state index in [1.54, 1.807) is 11.3 Å². The first-order valence-corrected chi connectivity index (χ1v) is 9.31. The summed E-state index contributed by atoms with van der Waals surface area (Å²) in [4.78, 5) is 20.2. The smallest absolute Gasteiger partial charge is 0.249 e. The highest BCUT2D eigenvalue weighted by Crippen LogP contribution is 2.32. The molecular weight excluding hydrogens is 334 g/mol. The summed E-state index contributed by atoms with van der Waals surface area (Å²) in [5.41, 5.74) is 2.09. The molecule has 3 heterocycles. The zero-order valence-electron chi connectivity index (χ0n) is 14.0. The molecule has 5 nitrogen and oxygen atoms in total. The molecule has 0 radical (unpaired) electrons. The number of amides is 1. The molecular formula is C19H19N3O2S. The van der Waals surface area contributed by atoms with Crippen LogP contribution in [-0.4, -0.2) is 27.5 Å². The van der Waals surface area contributed by atoms with Gasteiger partial charge < -0.3 is 9.42 Å². The summed E-state index contributed by atoms with van der Waals surface area (Å²) >= 11 is 1.61. The van der Waals surface area contributed by atoms with Gasteiger partial charge in [-0.05, 0) is 37.3 Å².